The van der Waals surface area contributed by atoms with Crippen molar-refractivity contribution < 1.29 is 0 Å². The number of allylic oxidation sites excluding steroid dienone is 4. The van der Waals surface area contributed by atoms with Crippen molar-refractivity contribution in [3.8, 4) is 0 Å². The Morgan fingerprint density at radius 2 is 1.60 bits per heavy atom. The van der Waals surface area contributed by atoms with Crippen molar-refractivity contribution >= 4 is 6.08 Å². The molecule has 0 spiro atoms. The van der Waals surface area contributed by atoms with Gasteiger partial charge in [-0.25, -0.2) is 0 Å². The zero-order chi connectivity index (χ0) is 20.4. The Labute approximate surface area is 183 Å². The Balaban J connectivity index is 1.30. The lowest BCUT2D eigenvalue weighted by atomic mass is 9.63. The van der Waals surface area contributed by atoms with Gasteiger partial charge in [0.15, 0.2) is 0 Å². The molecular weight excluding hydrogens is 360 g/mol. The first-order valence-electron chi connectivity index (χ1n) is 12.8. The van der Waals surface area contributed by atoms with E-state index in [1.54, 1.807) is 11.1 Å². The number of hydrogen-bond donors (Lipinski definition) is 0. The third kappa shape index (κ3) is 2.78. The highest BCUT2D eigenvalue weighted by Gasteiger charge is 2.52. The van der Waals surface area contributed by atoms with Crippen LogP contribution in [0.25, 0.3) is 6.08 Å². The lowest BCUT2D eigenvalue weighted by Crippen LogP contribution is -2.34. The second-order valence-corrected chi connectivity index (χ2v) is 11.5. The molecule has 1 aromatic carbocycles. The van der Waals surface area contributed by atoms with E-state index in [9.17, 15) is 0 Å². The van der Waals surface area contributed by atoms with Gasteiger partial charge in [-0.3, -0.25) is 0 Å². The van der Waals surface area contributed by atoms with Crippen LogP contribution in [-0.2, 0) is 0 Å². The molecule has 3 fully saturated rings. The van der Waals surface area contributed by atoms with Crippen molar-refractivity contribution in [3.63, 3.8) is 0 Å². The Hall–Kier alpha value is -1.56. The highest BCUT2D eigenvalue weighted by atomic mass is 14.6. The molecule has 0 aromatic heterocycles. The van der Waals surface area contributed by atoms with Gasteiger partial charge < -0.3 is 0 Å². The maximum Gasteiger partial charge on any atom is -0.00844 e. The number of rotatable bonds is 2. The molecule has 5 aliphatic rings. The zero-order valence-corrected chi connectivity index (χ0v) is 18.8. The second-order valence-electron chi connectivity index (χ2n) is 11.5. The molecular formula is C30H38. The fraction of sp³-hybridized carbons (Fsp3) is 0.600. The van der Waals surface area contributed by atoms with E-state index < -0.39 is 0 Å². The van der Waals surface area contributed by atoms with E-state index in [4.69, 9.17) is 6.58 Å². The molecule has 1 aromatic rings. The first-order valence-corrected chi connectivity index (χ1v) is 12.8. The maximum atomic E-state index is 4.89. The molecule has 0 nitrogen and oxygen atoms in total. The van der Waals surface area contributed by atoms with Gasteiger partial charge >= 0.3 is 0 Å². The molecule has 9 unspecified atom stereocenters. The number of benzene rings is 1. The Bertz CT molecular complexity index is 887. The molecule has 0 aliphatic heterocycles. The minimum Gasteiger partial charge on any atom is -0.0992 e. The van der Waals surface area contributed by atoms with Crippen LogP contribution in [0.4, 0.5) is 0 Å². The summed E-state index contributed by atoms with van der Waals surface area (Å²) in [4.78, 5) is 0. The summed E-state index contributed by atoms with van der Waals surface area (Å²) in [6.45, 7) is 9.95. The molecule has 0 amide bonds. The lowest BCUT2D eigenvalue weighted by Gasteiger charge is -2.42. The van der Waals surface area contributed by atoms with E-state index in [0.717, 1.165) is 35.5 Å². The van der Waals surface area contributed by atoms with Crippen LogP contribution >= 0.6 is 0 Å². The molecule has 0 heterocycles. The van der Waals surface area contributed by atoms with E-state index >= 15 is 0 Å². The van der Waals surface area contributed by atoms with Gasteiger partial charge in [0.25, 0.3) is 0 Å². The van der Waals surface area contributed by atoms with Gasteiger partial charge in [-0.1, -0.05) is 87.4 Å². The number of fused-ring (bicyclic) bond motifs is 6. The number of hydrogen-bond acceptors (Lipinski definition) is 0. The van der Waals surface area contributed by atoms with Gasteiger partial charge in [-0.05, 0) is 96.0 Å². The standard InChI is InChI=1S/C30H38/c1-18-16-27-23-10-6-4-8-21(23)12-14-25(27)29(18)20(3)30-19(2)17-28-24-11-7-5-9-22(24)13-15-26(28)30/h4,6,8,10,12-15,18-19,22,24-30H,3,5,7,9,11,16-17H2,1-2H3/t18?,19?,22?,24?,25?,26?,27?,28?,29?,30-/m1/s1. The average molecular weight is 399 g/mol. The highest BCUT2D eigenvalue weighted by molar-refractivity contribution is 5.59. The summed E-state index contributed by atoms with van der Waals surface area (Å²) >= 11 is 0. The van der Waals surface area contributed by atoms with Crippen molar-refractivity contribution in [3.05, 3.63) is 65.8 Å². The van der Waals surface area contributed by atoms with Crippen LogP contribution in [0.1, 0.15) is 69.4 Å². The first kappa shape index (κ1) is 19.1. The fourth-order valence-corrected chi connectivity index (χ4v) is 8.92. The highest BCUT2D eigenvalue weighted by Crippen LogP contribution is 2.60. The fourth-order valence-electron chi connectivity index (χ4n) is 8.92. The summed E-state index contributed by atoms with van der Waals surface area (Å²) < 4.78 is 0. The predicted octanol–water partition coefficient (Wildman–Crippen LogP) is 7.89. The van der Waals surface area contributed by atoms with Crippen LogP contribution in [0, 0.1) is 53.3 Å². The van der Waals surface area contributed by atoms with Crippen molar-refractivity contribution in [2.75, 3.05) is 0 Å². The molecule has 6 rings (SSSR count). The van der Waals surface area contributed by atoms with Gasteiger partial charge in [0, 0.05) is 0 Å². The van der Waals surface area contributed by atoms with E-state index in [1.807, 2.05) is 0 Å². The van der Waals surface area contributed by atoms with Crippen molar-refractivity contribution in [1.29, 1.82) is 0 Å². The summed E-state index contributed by atoms with van der Waals surface area (Å²) in [7, 11) is 0. The minimum atomic E-state index is 0.656. The van der Waals surface area contributed by atoms with E-state index in [1.165, 1.54) is 44.1 Å². The van der Waals surface area contributed by atoms with Crippen LogP contribution in [0.2, 0.25) is 0 Å². The summed E-state index contributed by atoms with van der Waals surface area (Å²) in [5.41, 5.74) is 4.65. The SMILES string of the molecule is C=C(C1C(C)CC2c3ccccc3C=CC21)[C@H]1C(C)CC2C3CCCCC3C=CC21. The Morgan fingerprint density at radius 3 is 2.50 bits per heavy atom. The van der Waals surface area contributed by atoms with Crippen LogP contribution in [0.5, 0.6) is 0 Å². The topological polar surface area (TPSA) is 0 Å². The van der Waals surface area contributed by atoms with Gasteiger partial charge in [0.05, 0.1) is 0 Å². The lowest BCUT2D eigenvalue weighted by molar-refractivity contribution is 0.151. The van der Waals surface area contributed by atoms with Gasteiger partial charge in [-0.15, -0.1) is 0 Å². The molecule has 0 heteroatoms. The van der Waals surface area contributed by atoms with Crippen LogP contribution in [0.15, 0.2) is 54.6 Å². The van der Waals surface area contributed by atoms with Crippen molar-refractivity contribution in [1.82, 2.24) is 0 Å². The van der Waals surface area contributed by atoms with Crippen molar-refractivity contribution in [2.24, 2.45) is 53.3 Å². The molecule has 0 N–H and O–H groups in total. The van der Waals surface area contributed by atoms with Crippen molar-refractivity contribution in [2.45, 2.75) is 58.3 Å². The molecule has 0 radical (unpaired) electrons. The monoisotopic (exact) mass is 398 g/mol. The molecule has 158 valence electrons. The second kappa shape index (κ2) is 7.25. The molecule has 10 atom stereocenters. The van der Waals surface area contributed by atoms with E-state index in [0.29, 0.717) is 23.7 Å². The molecule has 5 aliphatic carbocycles. The summed E-state index contributed by atoms with van der Waals surface area (Å²) in [6, 6.07) is 9.10. The van der Waals surface area contributed by atoms with Gasteiger partial charge in [-0.2, -0.15) is 0 Å². The van der Waals surface area contributed by atoms with Crippen LogP contribution in [0.3, 0.4) is 0 Å². The van der Waals surface area contributed by atoms with E-state index in [-0.39, 0.29) is 0 Å². The predicted molar refractivity (Wildman–Crippen MR) is 127 cm³/mol. The third-order valence-corrected chi connectivity index (χ3v) is 10.0. The van der Waals surface area contributed by atoms with Crippen LogP contribution < -0.4 is 0 Å². The molecule has 3 saturated carbocycles. The maximum absolute atomic E-state index is 4.89. The normalized spacial score (nSPS) is 46.1. The Morgan fingerprint density at radius 1 is 0.833 bits per heavy atom. The quantitative estimate of drug-likeness (QED) is 0.444. The zero-order valence-electron chi connectivity index (χ0n) is 18.8. The third-order valence-electron chi connectivity index (χ3n) is 10.0. The minimum absolute atomic E-state index is 0.656. The summed E-state index contributed by atoms with van der Waals surface area (Å²) in [5.74, 6) is 7.77. The van der Waals surface area contributed by atoms with Gasteiger partial charge in [0.2, 0.25) is 0 Å². The molecule has 0 bridgehead atoms. The first-order chi connectivity index (χ1) is 14.6. The largest absolute Gasteiger partial charge is 0.0992 e. The van der Waals surface area contributed by atoms with Gasteiger partial charge in [0.1, 0.15) is 0 Å². The summed E-state index contributed by atoms with van der Waals surface area (Å²) in [5, 5.41) is 0. The molecule has 30 heavy (non-hydrogen) atoms. The smallest absolute Gasteiger partial charge is 0.00844 e. The molecule has 0 saturated heterocycles. The average Bonchev–Trinajstić information content (AvgIpc) is 3.29. The van der Waals surface area contributed by atoms with Crippen LogP contribution in [-0.4, -0.2) is 0 Å². The summed E-state index contributed by atoms with van der Waals surface area (Å²) in [6.07, 6.45) is 18.9. The Kier molecular flexibility index (Phi) is 4.63. The van der Waals surface area contributed by atoms with E-state index in [2.05, 4.69) is 62.4 Å².